The molecule has 7 heteroatoms. The first-order chi connectivity index (χ1) is 16.6. The fourth-order valence-electron chi connectivity index (χ4n) is 5.26. The van der Waals surface area contributed by atoms with Gasteiger partial charge >= 0.3 is 12.1 Å². The summed E-state index contributed by atoms with van der Waals surface area (Å²) in [5.41, 5.74) is 2.28. The first kappa shape index (κ1) is 25.0. The molecule has 2 aliphatic rings. The lowest BCUT2D eigenvalue weighted by Crippen LogP contribution is -2.59. The van der Waals surface area contributed by atoms with Gasteiger partial charge < -0.3 is 24.6 Å². The summed E-state index contributed by atoms with van der Waals surface area (Å²) in [6.45, 7) is 10.0. The third-order valence-corrected chi connectivity index (χ3v) is 7.20. The van der Waals surface area contributed by atoms with Crippen molar-refractivity contribution < 1.29 is 28.9 Å². The van der Waals surface area contributed by atoms with Crippen LogP contribution in [0.25, 0.3) is 0 Å². The number of carboxylic acids is 1. The van der Waals surface area contributed by atoms with E-state index in [1.165, 1.54) is 0 Å². The highest BCUT2D eigenvalue weighted by molar-refractivity contribution is 5.72. The van der Waals surface area contributed by atoms with Crippen molar-refractivity contribution in [2.45, 2.75) is 71.5 Å². The summed E-state index contributed by atoms with van der Waals surface area (Å²) in [5.74, 6) is -1.20. The van der Waals surface area contributed by atoms with E-state index >= 15 is 0 Å². The highest BCUT2D eigenvalue weighted by Crippen LogP contribution is 2.52. The van der Waals surface area contributed by atoms with E-state index < -0.39 is 35.7 Å². The molecule has 0 radical (unpaired) electrons. The summed E-state index contributed by atoms with van der Waals surface area (Å²) in [6.07, 6.45) is -1.26. The molecule has 0 unspecified atom stereocenters. The smallest absolute Gasteiger partial charge is 0.407 e. The lowest BCUT2D eigenvalue weighted by atomic mass is 9.70. The Labute approximate surface area is 206 Å². The number of nitrogens with one attached hydrogen (secondary N) is 1. The van der Waals surface area contributed by atoms with E-state index in [4.69, 9.17) is 14.2 Å². The second kappa shape index (κ2) is 9.90. The van der Waals surface area contributed by atoms with Crippen molar-refractivity contribution in [1.82, 2.24) is 5.32 Å². The van der Waals surface area contributed by atoms with Crippen molar-refractivity contribution in [3.05, 3.63) is 65.2 Å². The number of benzene rings is 2. The second-order valence-electron chi connectivity index (χ2n) is 10.5. The Morgan fingerprint density at radius 1 is 1.17 bits per heavy atom. The van der Waals surface area contributed by atoms with Crippen molar-refractivity contribution in [1.29, 1.82) is 0 Å². The molecule has 5 atom stereocenters. The van der Waals surface area contributed by atoms with Crippen LogP contribution in [0.1, 0.15) is 56.9 Å². The Morgan fingerprint density at radius 2 is 1.89 bits per heavy atom. The molecule has 1 amide bonds. The van der Waals surface area contributed by atoms with Gasteiger partial charge in [0.15, 0.2) is 0 Å². The zero-order valence-corrected chi connectivity index (χ0v) is 21.0. The van der Waals surface area contributed by atoms with Gasteiger partial charge in [-0.15, -0.1) is 0 Å². The first-order valence-electron chi connectivity index (χ1n) is 12.2. The summed E-state index contributed by atoms with van der Waals surface area (Å²) < 4.78 is 18.4. The van der Waals surface area contributed by atoms with Gasteiger partial charge in [-0.1, -0.05) is 56.3 Å². The zero-order chi connectivity index (χ0) is 25.3. The van der Waals surface area contributed by atoms with Gasteiger partial charge in [0, 0.05) is 11.5 Å². The van der Waals surface area contributed by atoms with Gasteiger partial charge in [0.25, 0.3) is 0 Å². The molecule has 0 bridgehead atoms. The molecule has 2 heterocycles. The van der Waals surface area contributed by atoms with Gasteiger partial charge in [-0.25, -0.2) is 4.79 Å². The summed E-state index contributed by atoms with van der Waals surface area (Å²) >= 11 is 0. The molecule has 1 saturated heterocycles. The van der Waals surface area contributed by atoms with E-state index in [1.54, 1.807) is 0 Å². The average molecular weight is 482 g/mol. The van der Waals surface area contributed by atoms with Crippen molar-refractivity contribution >= 4 is 12.1 Å². The molecule has 2 aromatic carbocycles. The largest absolute Gasteiger partial charge is 0.487 e. The minimum absolute atomic E-state index is 0.0759. The number of hydrogen-bond acceptors (Lipinski definition) is 5. The molecule has 0 saturated carbocycles. The minimum atomic E-state index is -0.941. The molecule has 1 fully saturated rings. The van der Waals surface area contributed by atoms with Crippen molar-refractivity contribution in [3.8, 4) is 5.75 Å². The quantitative estimate of drug-likeness (QED) is 0.584. The van der Waals surface area contributed by atoms with Gasteiger partial charge in [0.1, 0.15) is 18.0 Å². The molecule has 0 aromatic heterocycles. The number of aryl methyl sites for hydroxylation is 1. The van der Waals surface area contributed by atoms with Crippen LogP contribution in [0.5, 0.6) is 5.75 Å². The Kier molecular flexibility index (Phi) is 7.08. The van der Waals surface area contributed by atoms with E-state index in [1.807, 2.05) is 83.1 Å². The molecule has 35 heavy (non-hydrogen) atoms. The number of ether oxygens (including phenoxy) is 3. The molecule has 0 aliphatic carbocycles. The molecule has 2 aromatic rings. The Morgan fingerprint density at radius 3 is 2.54 bits per heavy atom. The molecule has 0 spiro atoms. The van der Waals surface area contributed by atoms with Gasteiger partial charge in [-0.2, -0.15) is 0 Å². The lowest BCUT2D eigenvalue weighted by molar-refractivity contribution is -0.195. The van der Waals surface area contributed by atoms with E-state index in [0.29, 0.717) is 6.42 Å². The summed E-state index contributed by atoms with van der Waals surface area (Å²) in [5, 5.41) is 13.1. The Balaban J connectivity index is 1.59. The second-order valence-corrected chi connectivity index (χ2v) is 10.5. The number of fused-ring (bicyclic) bond motifs is 3. The van der Waals surface area contributed by atoms with E-state index in [2.05, 4.69) is 5.32 Å². The van der Waals surface area contributed by atoms with Crippen LogP contribution in [0.2, 0.25) is 0 Å². The molecule has 188 valence electrons. The number of amides is 1. The summed E-state index contributed by atoms with van der Waals surface area (Å²) in [4.78, 5) is 25.1. The number of aliphatic carboxylic acids is 1. The number of carbonyl (C=O) groups is 2. The number of alkyl carbamates (subject to hydrolysis) is 1. The summed E-state index contributed by atoms with van der Waals surface area (Å²) in [7, 11) is 0. The SMILES string of the molecule is Cc1ccc2c(c1)OC(C)(C)[C@@H]1C[C@H](C(=O)O)[C@@H]([C@@H](NC(=O)OCc3ccccc3)C(C)C)O[C@@H]21. The third kappa shape index (κ3) is 5.30. The predicted octanol–water partition coefficient (Wildman–Crippen LogP) is 5.26. The van der Waals surface area contributed by atoms with Gasteiger partial charge in [-0.3, -0.25) is 4.79 Å². The van der Waals surface area contributed by atoms with E-state index in [9.17, 15) is 14.7 Å². The third-order valence-electron chi connectivity index (χ3n) is 7.20. The molecule has 4 rings (SSSR count). The van der Waals surface area contributed by atoms with Crippen molar-refractivity contribution in [3.63, 3.8) is 0 Å². The lowest BCUT2D eigenvalue weighted by Gasteiger charge is -2.51. The molecular weight excluding hydrogens is 446 g/mol. The number of carboxylic acid groups (broad SMARTS) is 1. The van der Waals surface area contributed by atoms with Crippen LogP contribution in [0.3, 0.4) is 0 Å². The highest BCUT2D eigenvalue weighted by Gasteiger charge is 2.54. The van der Waals surface area contributed by atoms with E-state index in [0.717, 1.165) is 22.4 Å². The number of rotatable bonds is 6. The molecular formula is C28H35NO6. The fourth-order valence-corrected chi connectivity index (χ4v) is 5.26. The Hall–Kier alpha value is -3.06. The maximum atomic E-state index is 12.7. The van der Waals surface area contributed by atoms with Gasteiger partial charge in [0.2, 0.25) is 0 Å². The average Bonchev–Trinajstić information content (AvgIpc) is 2.80. The van der Waals surface area contributed by atoms with Crippen LogP contribution in [-0.2, 0) is 20.9 Å². The Bertz CT molecular complexity index is 1070. The summed E-state index contributed by atoms with van der Waals surface area (Å²) in [6, 6.07) is 14.9. The topological polar surface area (TPSA) is 94.1 Å². The van der Waals surface area contributed by atoms with Crippen LogP contribution < -0.4 is 10.1 Å². The molecule has 2 aliphatic heterocycles. The van der Waals surface area contributed by atoms with E-state index in [-0.39, 0.29) is 24.5 Å². The van der Waals surface area contributed by atoms with Crippen LogP contribution in [0.4, 0.5) is 4.79 Å². The maximum absolute atomic E-state index is 12.7. The standard InChI is InChI=1S/C28H35NO6/c1-16(2)23(29-27(32)33-15-18-9-7-6-8-10-18)25-20(26(30)31)14-21-24(34-25)19-12-11-17(3)13-22(19)35-28(21,4)5/h6-13,16,20-21,23-25H,14-15H2,1-5H3,(H,29,32)(H,30,31)/t20-,21+,23-,24-,25-/m0/s1. The zero-order valence-electron chi connectivity index (χ0n) is 21.0. The predicted molar refractivity (Wildman–Crippen MR) is 131 cm³/mol. The van der Waals surface area contributed by atoms with Crippen molar-refractivity contribution in [2.75, 3.05) is 0 Å². The van der Waals surface area contributed by atoms with Gasteiger partial charge in [-0.05, 0) is 50.3 Å². The minimum Gasteiger partial charge on any atom is -0.487 e. The number of carbonyl (C=O) groups excluding carboxylic acids is 1. The highest BCUT2D eigenvalue weighted by atomic mass is 16.6. The van der Waals surface area contributed by atoms with Crippen LogP contribution in [-0.4, -0.2) is 34.9 Å². The van der Waals surface area contributed by atoms with Crippen LogP contribution in [0.15, 0.2) is 48.5 Å². The fraction of sp³-hybridized carbons (Fsp3) is 0.500. The number of hydrogen-bond donors (Lipinski definition) is 2. The first-order valence-corrected chi connectivity index (χ1v) is 12.2. The maximum Gasteiger partial charge on any atom is 0.407 e. The van der Waals surface area contributed by atoms with Gasteiger partial charge in [0.05, 0.1) is 24.2 Å². The normalized spacial score (nSPS) is 25.5. The van der Waals surface area contributed by atoms with Crippen LogP contribution >= 0.6 is 0 Å². The molecule has 2 N–H and O–H groups in total. The van der Waals surface area contributed by atoms with Crippen molar-refractivity contribution in [2.24, 2.45) is 17.8 Å². The van der Waals surface area contributed by atoms with Crippen LogP contribution in [0, 0.1) is 24.7 Å². The monoisotopic (exact) mass is 481 g/mol. The molecule has 7 nitrogen and oxygen atoms in total.